The van der Waals surface area contributed by atoms with E-state index in [1.54, 1.807) is 6.07 Å². The van der Waals surface area contributed by atoms with Crippen molar-refractivity contribution >= 4 is 40.8 Å². The zero-order valence-corrected chi connectivity index (χ0v) is 19.6. The van der Waals surface area contributed by atoms with Gasteiger partial charge in [-0.05, 0) is 30.3 Å². The zero-order valence-electron chi connectivity index (χ0n) is 15.4. The molecule has 0 aromatic heterocycles. The molecule has 1 saturated heterocycles. The third kappa shape index (κ3) is 5.72. The average molecular weight is 488 g/mol. The number of halogens is 3. The fraction of sp³-hybridized carbons (Fsp3) is 0.278. The molecule has 0 bridgehead atoms. The van der Waals surface area contributed by atoms with E-state index < -0.39 is 36.7 Å². The molecule has 1 aliphatic rings. The summed E-state index contributed by atoms with van der Waals surface area (Å²) in [7, 11) is 0. The van der Waals surface area contributed by atoms with E-state index in [4.69, 9.17) is 49.0 Å². The summed E-state index contributed by atoms with van der Waals surface area (Å²) in [4.78, 5) is 11.1. The SMILES string of the molecule is O=C([O-])[C@H]1O[C@@H](Oc2cc(Cl)ccc2Oc2ccc(Cl)cc2Cl)[C@H](O)[C@@H](O)[C@@H]1O.[Na+]. The Hall–Kier alpha value is -0.780. The van der Waals surface area contributed by atoms with E-state index in [9.17, 15) is 25.2 Å². The van der Waals surface area contributed by atoms with E-state index in [-0.39, 0.29) is 56.9 Å². The fourth-order valence-corrected chi connectivity index (χ4v) is 3.21. The van der Waals surface area contributed by atoms with E-state index in [0.717, 1.165) is 0 Å². The first kappa shape index (κ1) is 25.5. The molecule has 0 radical (unpaired) electrons. The van der Waals surface area contributed by atoms with Gasteiger partial charge in [0.15, 0.2) is 11.5 Å². The summed E-state index contributed by atoms with van der Waals surface area (Å²) < 4.78 is 16.2. The van der Waals surface area contributed by atoms with Crippen LogP contribution in [0.1, 0.15) is 0 Å². The Labute approximate surface area is 208 Å². The van der Waals surface area contributed by atoms with Crippen molar-refractivity contribution in [2.24, 2.45) is 0 Å². The fourth-order valence-electron chi connectivity index (χ4n) is 2.60. The number of aliphatic hydroxyl groups excluding tert-OH is 3. The van der Waals surface area contributed by atoms with Gasteiger partial charge < -0.3 is 39.4 Å². The van der Waals surface area contributed by atoms with Gasteiger partial charge in [0.25, 0.3) is 0 Å². The number of aliphatic carboxylic acids is 1. The smallest absolute Gasteiger partial charge is 0.547 e. The standard InChI is InChI=1S/C18H15Cl3O8.Na/c19-7-1-3-10(9(21)5-7)27-11-4-2-8(20)6-12(11)28-18-15(24)13(22)14(23)16(29-18)17(25)26;/h1-6,13-16,18,22-24H,(H,25,26);/q;+1/p-1/t13-,14-,15+,16-,18+;/m0./s1. The van der Waals surface area contributed by atoms with Crippen LogP contribution in [0.25, 0.3) is 0 Å². The first-order valence-electron chi connectivity index (χ1n) is 8.17. The second-order valence-electron chi connectivity index (χ2n) is 6.10. The van der Waals surface area contributed by atoms with Gasteiger partial charge >= 0.3 is 29.6 Å². The molecule has 2 aromatic carbocycles. The Kier molecular flexibility index (Phi) is 9.08. The quantitative estimate of drug-likeness (QED) is 0.430. The predicted molar refractivity (Wildman–Crippen MR) is 100 cm³/mol. The van der Waals surface area contributed by atoms with Crippen LogP contribution in [-0.4, -0.2) is 52.0 Å². The van der Waals surface area contributed by atoms with Gasteiger partial charge in [-0.1, -0.05) is 34.8 Å². The molecule has 5 atom stereocenters. The number of carbonyl (C=O) groups excluding carboxylic acids is 1. The molecule has 0 spiro atoms. The molecule has 2 aromatic rings. The van der Waals surface area contributed by atoms with Crippen molar-refractivity contribution in [3.8, 4) is 17.2 Å². The van der Waals surface area contributed by atoms with Crippen LogP contribution in [0.4, 0.5) is 0 Å². The van der Waals surface area contributed by atoms with Gasteiger partial charge in [-0.15, -0.1) is 0 Å². The second kappa shape index (κ2) is 10.7. The maximum absolute atomic E-state index is 11.1. The van der Waals surface area contributed by atoms with Crippen molar-refractivity contribution in [1.82, 2.24) is 0 Å². The first-order chi connectivity index (χ1) is 13.7. The summed E-state index contributed by atoms with van der Waals surface area (Å²) in [5.74, 6) is -1.50. The third-order valence-corrected chi connectivity index (χ3v) is 4.83. The summed E-state index contributed by atoms with van der Waals surface area (Å²) in [5.41, 5.74) is 0. The van der Waals surface area contributed by atoms with Gasteiger partial charge in [0.1, 0.15) is 30.2 Å². The zero-order chi connectivity index (χ0) is 21.3. The van der Waals surface area contributed by atoms with Crippen molar-refractivity contribution in [3.05, 3.63) is 51.5 Å². The molecule has 1 fully saturated rings. The molecule has 3 rings (SSSR count). The van der Waals surface area contributed by atoms with Crippen molar-refractivity contribution in [1.29, 1.82) is 0 Å². The maximum Gasteiger partial charge on any atom is 1.00 e. The predicted octanol–water partition coefficient (Wildman–Crippen LogP) is -1.62. The third-order valence-electron chi connectivity index (χ3n) is 4.06. The Balaban J connectivity index is 0.00000320. The number of carbonyl (C=O) groups is 1. The van der Waals surface area contributed by atoms with Gasteiger partial charge in [0.05, 0.1) is 11.0 Å². The summed E-state index contributed by atoms with van der Waals surface area (Å²) in [6.07, 6.45) is -9.12. The summed E-state index contributed by atoms with van der Waals surface area (Å²) in [5, 5.41) is 41.7. The number of benzene rings is 2. The Morgan fingerprint density at radius 3 is 2.10 bits per heavy atom. The normalized spacial score (nSPS) is 25.9. The summed E-state index contributed by atoms with van der Waals surface area (Å²) in [6, 6.07) is 8.79. The number of hydrogen-bond acceptors (Lipinski definition) is 8. The molecule has 1 aliphatic heterocycles. The van der Waals surface area contributed by atoms with Crippen LogP contribution in [0.2, 0.25) is 15.1 Å². The van der Waals surface area contributed by atoms with Crippen LogP contribution in [-0.2, 0) is 9.53 Å². The minimum Gasteiger partial charge on any atom is -0.547 e. The Morgan fingerprint density at radius 2 is 1.50 bits per heavy atom. The molecule has 0 amide bonds. The van der Waals surface area contributed by atoms with Gasteiger partial charge in [0, 0.05) is 16.1 Å². The minimum absolute atomic E-state index is 0. The van der Waals surface area contributed by atoms with Gasteiger partial charge in [-0.2, -0.15) is 0 Å². The Bertz CT molecular complexity index is 915. The van der Waals surface area contributed by atoms with Crippen molar-refractivity contribution in [2.45, 2.75) is 30.7 Å². The van der Waals surface area contributed by atoms with E-state index in [0.29, 0.717) is 5.02 Å². The summed E-state index contributed by atoms with van der Waals surface area (Å²) >= 11 is 17.9. The molecule has 0 aliphatic carbocycles. The molecule has 8 nitrogen and oxygen atoms in total. The van der Waals surface area contributed by atoms with E-state index in [1.807, 2.05) is 0 Å². The molecule has 30 heavy (non-hydrogen) atoms. The largest absolute Gasteiger partial charge is 1.00 e. The molecule has 12 heteroatoms. The number of hydrogen-bond donors (Lipinski definition) is 3. The van der Waals surface area contributed by atoms with E-state index in [2.05, 4.69) is 0 Å². The molecule has 0 saturated carbocycles. The van der Waals surface area contributed by atoms with Crippen LogP contribution >= 0.6 is 34.8 Å². The van der Waals surface area contributed by atoms with E-state index >= 15 is 0 Å². The monoisotopic (exact) mass is 486 g/mol. The molecular weight excluding hydrogens is 474 g/mol. The van der Waals surface area contributed by atoms with Crippen LogP contribution in [0, 0.1) is 0 Å². The maximum atomic E-state index is 11.1. The van der Waals surface area contributed by atoms with Crippen molar-refractivity contribution < 1.29 is 69.0 Å². The number of rotatable bonds is 5. The average Bonchev–Trinajstić information content (AvgIpc) is 2.66. The van der Waals surface area contributed by atoms with E-state index in [1.165, 1.54) is 30.3 Å². The number of ether oxygens (including phenoxy) is 3. The van der Waals surface area contributed by atoms with Crippen molar-refractivity contribution in [3.63, 3.8) is 0 Å². The molecule has 156 valence electrons. The number of carboxylic acid groups (broad SMARTS) is 1. The molecule has 0 unspecified atom stereocenters. The first-order valence-corrected chi connectivity index (χ1v) is 9.30. The topological polar surface area (TPSA) is 129 Å². The number of aliphatic hydroxyl groups is 3. The minimum atomic E-state index is -1.92. The van der Waals surface area contributed by atoms with Crippen LogP contribution in [0.15, 0.2) is 36.4 Å². The second-order valence-corrected chi connectivity index (χ2v) is 7.38. The summed E-state index contributed by atoms with van der Waals surface area (Å²) in [6.45, 7) is 0. The van der Waals surface area contributed by atoms with Crippen LogP contribution < -0.4 is 44.1 Å². The van der Waals surface area contributed by atoms with Crippen LogP contribution in [0.3, 0.4) is 0 Å². The van der Waals surface area contributed by atoms with Gasteiger partial charge in [-0.3, -0.25) is 0 Å². The van der Waals surface area contributed by atoms with Gasteiger partial charge in [0.2, 0.25) is 6.29 Å². The van der Waals surface area contributed by atoms with Gasteiger partial charge in [-0.25, -0.2) is 0 Å². The van der Waals surface area contributed by atoms with Crippen LogP contribution in [0.5, 0.6) is 17.2 Å². The Morgan fingerprint density at radius 1 is 0.900 bits per heavy atom. The molecular formula is C18H14Cl3NaO8. The van der Waals surface area contributed by atoms with Crippen molar-refractivity contribution in [2.75, 3.05) is 0 Å². The molecule has 3 N–H and O–H groups in total. The molecule has 1 heterocycles. The number of carboxylic acids is 1.